The van der Waals surface area contributed by atoms with Crippen LogP contribution in [0.25, 0.3) is 0 Å². The third kappa shape index (κ3) is 5.03. The van der Waals surface area contributed by atoms with E-state index >= 15 is 0 Å². The molecule has 2 fully saturated rings. The number of fused-ring (bicyclic) bond motifs is 1. The van der Waals surface area contributed by atoms with Crippen molar-refractivity contribution in [3.05, 3.63) is 71.3 Å². The van der Waals surface area contributed by atoms with E-state index in [-0.39, 0.29) is 17.7 Å². The second kappa shape index (κ2) is 9.99. The van der Waals surface area contributed by atoms with Crippen molar-refractivity contribution in [1.82, 2.24) is 10.6 Å². The number of amides is 1. The van der Waals surface area contributed by atoms with Crippen molar-refractivity contribution in [2.45, 2.75) is 70.9 Å². The summed E-state index contributed by atoms with van der Waals surface area (Å²) in [4.78, 5) is 13.2. The van der Waals surface area contributed by atoms with Gasteiger partial charge in [0.25, 0.3) is 0 Å². The van der Waals surface area contributed by atoms with Crippen LogP contribution in [0.15, 0.2) is 54.6 Å². The van der Waals surface area contributed by atoms with E-state index in [4.69, 9.17) is 0 Å². The zero-order valence-electron chi connectivity index (χ0n) is 19.3. The summed E-state index contributed by atoms with van der Waals surface area (Å²) in [5.41, 5.74) is 4.01. The average molecular weight is 419 g/mol. The second-order valence-corrected chi connectivity index (χ2v) is 9.99. The van der Waals surface area contributed by atoms with E-state index in [2.05, 4.69) is 67.8 Å². The molecule has 0 radical (unpaired) electrons. The van der Waals surface area contributed by atoms with Crippen molar-refractivity contribution in [3.8, 4) is 0 Å². The third-order valence-corrected chi connectivity index (χ3v) is 7.67. The number of benzene rings is 2. The van der Waals surface area contributed by atoms with E-state index in [0.29, 0.717) is 23.9 Å². The summed E-state index contributed by atoms with van der Waals surface area (Å²) in [7, 11) is 0. The number of carbonyl (C=O) groups excluding carboxylic acids is 1. The monoisotopic (exact) mass is 418 g/mol. The highest BCUT2D eigenvalue weighted by molar-refractivity contribution is 5.84. The molecule has 2 aromatic carbocycles. The molecule has 2 unspecified atom stereocenters. The number of rotatable bonds is 8. The Bertz CT molecular complexity index is 862. The fourth-order valence-electron chi connectivity index (χ4n) is 6.00. The molecule has 0 spiro atoms. The van der Waals surface area contributed by atoms with Gasteiger partial charge in [-0.2, -0.15) is 0 Å². The van der Waals surface area contributed by atoms with Gasteiger partial charge in [0.1, 0.15) is 0 Å². The van der Waals surface area contributed by atoms with Crippen LogP contribution in [-0.2, 0) is 11.2 Å². The minimum atomic E-state index is -0.0699. The maximum absolute atomic E-state index is 13.2. The lowest BCUT2D eigenvalue weighted by Crippen LogP contribution is -2.42. The van der Waals surface area contributed by atoms with Gasteiger partial charge in [0.05, 0.1) is 5.92 Å². The van der Waals surface area contributed by atoms with Gasteiger partial charge < -0.3 is 10.6 Å². The highest BCUT2D eigenvalue weighted by Crippen LogP contribution is 2.40. The molecule has 2 N–H and O–H groups in total. The van der Waals surface area contributed by atoms with E-state index in [1.165, 1.54) is 30.4 Å². The number of aryl methyl sites for hydroxylation is 2. The van der Waals surface area contributed by atoms with Crippen LogP contribution >= 0.6 is 0 Å². The largest absolute Gasteiger partial charge is 0.352 e. The molecular formula is C28H38N2O. The van der Waals surface area contributed by atoms with Crippen molar-refractivity contribution in [1.29, 1.82) is 0 Å². The van der Waals surface area contributed by atoms with Gasteiger partial charge in [-0.1, -0.05) is 68.4 Å². The molecule has 4 rings (SSSR count). The lowest BCUT2D eigenvalue weighted by Gasteiger charge is -2.26. The Labute approximate surface area is 188 Å². The predicted octanol–water partition coefficient (Wildman–Crippen LogP) is 5.24. The van der Waals surface area contributed by atoms with E-state index in [9.17, 15) is 4.79 Å². The zero-order valence-corrected chi connectivity index (χ0v) is 19.3. The van der Waals surface area contributed by atoms with Crippen molar-refractivity contribution in [2.75, 3.05) is 6.54 Å². The first-order chi connectivity index (χ1) is 15.0. The maximum Gasteiger partial charge on any atom is 0.228 e. The first-order valence-corrected chi connectivity index (χ1v) is 12.2. The summed E-state index contributed by atoms with van der Waals surface area (Å²) in [5, 5.41) is 7.26. The molecule has 0 aromatic heterocycles. The molecule has 31 heavy (non-hydrogen) atoms. The highest BCUT2D eigenvalue weighted by atomic mass is 16.2. The number of carbonyl (C=O) groups is 1. The Morgan fingerprint density at radius 1 is 1.03 bits per heavy atom. The molecule has 1 aliphatic carbocycles. The molecule has 1 heterocycles. The molecule has 3 heteroatoms. The minimum Gasteiger partial charge on any atom is -0.352 e. The van der Waals surface area contributed by atoms with Crippen molar-refractivity contribution >= 4 is 5.91 Å². The molecule has 0 bridgehead atoms. The Hall–Kier alpha value is -2.13. The SMILES string of the molecule is Cc1ccccc1CCCC1NC[C@@H]2[C@@H](NC(=O)C(c3ccccc3)C(C)C)CC[C@H]12. The maximum atomic E-state index is 13.2. The third-order valence-electron chi connectivity index (χ3n) is 7.67. The molecule has 3 nitrogen and oxygen atoms in total. The molecule has 1 saturated carbocycles. The Kier molecular flexibility index (Phi) is 7.12. The number of hydrogen-bond donors (Lipinski definition) is 2. The fraction of sp³-hybridized carbons (Fsp3) is 0.536. The van der Waals surface area contributed by atoms with Crippen LogP contribution in [0.4, 0.5) is 0 Å². The van der Waals surface area contributed by atoms with Gasteiger partial charge in [0, 0.05) is 18.6 Å². The van der Waals surface area contributed by atoms with Crippen molar-refractivity contribution < 1.29 is 4.79 Å². The summed E-state index contributed by atoms with van der Waals surface area (Å²) in [6, 6.07) is 19.9. The van der Waals surface area contributed by atoms with E-state index < -0.39 is 0 Å². The summed E-state index contributed by atoms with van der Waals surface area (Å²) < 4.78 is 0. The molecule has 2 aliphatic rings. The van der Waals surface area contributed by atoms with Gasteiger partial charge in [-0.3, -0.25) is 4.79 Å². The van der Waals surface area contributed by atoms with Crippen LogP contribution in [0.1, 0.15) is 62.1 Å². The molecular weight excluding hydrogens is 380 g/mol. The lowest BCUT2D eigenvalue weighted by molar-refractivity contribution is -0.124. The molecule has 2 aromatic rings. The Morgan fingerprint density at radius 2 is 1.77 bits per heavy atom. The summed E-state index contributed by atoms with van der Waals surface area (Å²) in [6.07, 6.45) is 5.97. The van der Waals surface area contributed by atoms with Crippen LogP contribution < -0.4 is 10.6 Å². The highest BCUT2D eigenvalue weighted by Gasteiger charge is 2.45. The summed E-state index contributed by atoms with van der Waals surface area (Å²) in [5.74, 6) is 1.71. The van der Waals surface area contributed by atoms with E-state index in [1.807, 2.05) is 18.2 Å². The standard InChI is InChI=1S/C28H38N2O/c1-19(2)27(22-12-5-4-6-13-22)28(31)30-26-17-16-23-24(26)18-29-25(23)15-9-14-21-11-8-7-10-20(21)3/h4-8,10-13,19,23-27,29H,9,14-18H2,1-3H3,(H,30,31)/t23-,24-,25?,26-,27?/m0/s1. The van der Waals surface area contributed by atoms with E-state index in [1.54, 1.807) is 0 Å². The summed E-state index contributed by atoms with van der Waals surface area (Å²) >= 11 is 0. The zero-order chi connectivity index (χ0) is 21.8. The quantitative estimate of drug-likeness (QED) is 0.615. The average Bonchev–Trinajstić information content (AvgIpc) is 3.33. The first kappa shape index (κ1) is 22.1. The van der Waals surface area contributed by atoms with Crippen molar-refractivity contribution in [2.24, 2.45) is 17.8 Å². The van der Waals surface area contributed by atoms with Gasteiger partial charge in [-0.25, -0.2) is 0 Å². The Balaban J connectivity index is 1.31. The second-order valence-electron chi connectivity index (χ2n) is 9.99. The molecule has 1 aliphatic heterocycles. The smallest absolute Gasteiger partial charge is 0.228 e. The Morgan fingerprint density at radius 3 is 2.52 bits per heavy atom. The number of nitrogens with one attached hydrogen (secondary N) is 2. The van der Waals surface area contributed by atoms with Crippen LogP contribution in [0.5, 0.6) is 0 Å². The van der Waals surface area contributed by atoms with Crippen molar-refractivity contribution in [3.63, 3.8) is 0 Å². The first-order valence-electron chi connectivity index (χ1n) is 12.2. The van der Waals surface area contributed by atoms with Gasteiger partial charge in [0.2, 0.25) is 5.91 Å². The van der Waals surface area contributed by atoms with Gasteiger partial charge in [-0.15, -0.1) is 0 Å². The normalized spacial score (nSPS) is 26.1. The minimum absolute atomic E-state index is 0.0699. The van der Waals surface area contributed by atoms with E-state index in [0.717, 1.165) is 24.9 Å². The summed E-state index contributed by atoms with van der Waals surface area (Å²) in [6.45, 7) is 7.55. The molecule has 5 atom stereocenters. The lowest BCUT2D eigenvalue weighted by atomic mass is 9.86. The van der Waals surface area contributed by atoms with Gasteiger partial charge in [0.15, 0.2) is 0 Å². The fourth-order valence-corrected chi connectivity index (χ4v) is 6.00. The van der Waals surface area contributed by atoms with Gasteiger partial charge in [-0.05, 0) is 73.5 Å². The van der Waals surface area contributed by atoms with Gasteiger partial charge >= 0.3 is 0 Å². The van der Waals surface area contributed by atoms with Crippen LogP contribution in [0.3, 0.4) is 0 Å². The topological polar surface area (TPSA) is 41.1 Å². The van der Waals surface area contributed by atoms with Crippen LogP contribution in [-0.4, -0.2) is 24.5 Å². The predicted molar refractivity (Wildman–Crippen MR) is 128 cm³/mol. The number of hydrogen-bond acceptors (Lipinski definition) is 2. The molecule has 166 valence electrons. The molecule has 1 amide bonds. The molecule has 1 saturated heterocycles. The van der Waals surface area contributed by atoms with Crippen LogP contribution in [0.2, 0.25) is 0 Å². The van der Waals surface area contributed by atoms with Crippen LogP contribution in [0, 0.1) is 24.7 Å².